The molecule has 0 spiro atoms. The lowest BCUT2D eigenvalue weighted by Gasteiger charge is -2.25. The van der Waals surface area contributed by atoms with Crippen molar-refractivity contribution in [1.82, 2.24) is 9.78 Å². The van der Waals surface area contributed by atoms with Gasteiger partial charge in [0.15, 0.2) is 0 Å². The summed E-state index contributed by atoms with van der Waals surface area (Å²) in [7, 11) is 0. The molecular weight excluding hydrogens is 363 g/mol. The molecule has 0 radical (unpaired) electrons. The molecule has 30 heavy (non-hydrogen) atoms. The van der Waals surface area contributed by atoms with Crippen molar-refractivity contribution in [3.8, 4) is 5.69 Å². The largest absolute Gasteiger partial charge is 0.266 e. The molecule has 0 atom stereocenters. The average Bonchev–Trinajstić information content (AvgIpc) is 3.15. The van der Waals surface area contributed by atoms with Gasteiger partial charge in [0.25, 0.3) is 6.71 Å². The van der Waals surface area contributed by atoms with Gasteiger partial charge in [0, 0.05) is 11.8 Å². The van der Waals surface area contributed by atoms with Crippen molar-refractivity contribution in [3.05, 3.63) is 100 Å². The Morgan fingerprint density at radius 1 is 0.633 bits per heavy atom. The van der Waals surface area contributed by atoms with Crippen LogP contribution in [0.3, 0.4) is 0 Å². The molecule has 0 bridgehead atoms. The van der Waals surface area contributed by atoms with Crippen molar-refractivity contribution in [2.75, 3.05) is 0 Å². The summed E-state index contributed by atoms with van der Waals surface area (Å²) >= 11 is 0. The zero-order chi connectivity index (χ0) is 21.4. The Balaban J connectivity index is 2.05. The quantitative estimate of drug-likeness (QED) is 0.475. The van der Waals surface area contributed by atoms with E-state index in [1.54, 1.807) is 0 Å². The van der Waals surface area contributed by atoms with Crippen LogP contribution in [-0.2, 0) is 0 Å². The van der Waals surface area contributed by atoms with Crippen molar-refractivity contribution < 1.29 is 0 Å². The number of aryl methyl sites for hydroxylation is 6. The molecule has 0 aliphatic heterocycles. The number of benzene rings is 3. The smallest absolute Gasteiger partial charge is 0.246 e. The molecule has 4 aromatic rings. The molecule has 4 rings (SSSR count). The van der Waals surface area contributed by atoms with E-state index < -0.39 is 0 Å². The standard InChI is InChI=1S/C27H29BN2/c1-18-14-20(3)26(21(4)15-18)28(27-22(5)16-19(2)17-23(27)6)25-12-13-29-30(25)24-10-8-7-9-11-24/h7-17H,1-6H3. The summed E-state index contributed by atoms with van der Waals surface area (Å²) in [5.41, 5.74) is 13.0. The van der Waals surface area contributed by atoms with Crippen LogP contribution in [0.4, 0.5) is 0 Å². The van der Waals surface area contributed by atoms with E-state index in [0.29, 0.717) is 0 Å². The second-order valence-corrected chi connectivity index (χ2v) is 8.56. The third-order valence-corrected chi connectivity index (χ3v) is 6.02. The fraction of sp³-hybridized carbons (Fsp3) is 0.222. The van der Waals surface area contributed by atoms with Crippen LogP contribution >= 0.6 is 0 Å². The van der Waals surface area contributed by atoms with Gasteiger partial charge >= 0.3 is 0 Å². The average molecular weight is 392 g/mol. The van der Waals surface area contributed by atoms with Crippen LogP contribution in [0.5, 0.6) is 0 Å². The Morgan fingerprint density at radius 3 is 1.57 bits per heavy atom. The predicted molar refractivity (Wildman–Crippen MR) is 130 cm³/mol. The molecule has 0 fully saturated rings. The molecule has 0 aliphatic rings. The van der Waals surface area contributed by atoms with Gasteiger partial charge in [-0.25, -0.2) is 4.68 Å². The molecule has 0 saturated heterocycles. The van der Waals surface area contributed by atoms with Crippen molar-refractivity contribution >= 4 is 23.2 Å². The van der Waals surface area contributed by atoms with Gasteiger partial charge in [0.2, 0.25) is 0 Å². The second kappa shape index (κ2) is 7.99. The first-order chi connectivity index (χ1) is 14.4. The van der Waals surface area contributed by atoms with Crippen LogP contribution in [0.25, 0.3) is 5.69 Å². The lowest BCUT2D eigenvalue weighted by atomic mass is 9.35. The maximum atomic E-state index is 4.73. The van der Waals surface area contributed by atoms with Gasteiger partial charge in [-0.2, -0.15) is 5.10 Å². The first-order valence-corrected chi connectivity index (χ1v) is 10.6. The minimum Gasteiger partial charge on any atom is -0.246 e. The Hall–Kier alpha value is -3.07. The normalized spacial score (nSPS) is 11.0. The summed E-state index contributed by atoms with van der Waals surface area (Å²) < 4.78 is 2.10. The topological polar surface area (TPSA) is 17.8 Å². The van der Waals surface area contributed by atoms with Crippen LogP contribution in [0.15, 0.2) is 66.9 Å². The molecule has 0 N–H and O–H groups in total. The summed E-state index contributed by atoms with van der Waals surface area (Å²) in [5, 5.41) is 4.73. The number of nitrogens with zero attached hydrogens (tertiary/aromatic N) is 2. The summed E-state index contributed by atoms with van der Waals surface area (Å²) in [6, 6.07) is 21.8. The lowest BCUT2D eigenvalue weighted by Crippen LogP contribution is -2.58. The van der Waals surface area contributed by atoms with E-state index in [-0.39, 0.29) is 6.71 Å². The minimum absolute atomic E-state index is 0.119. The van der Waals surface area contributed by atoms with Gasteiger partial charge in [0.05, 0.1) is 5.69 Å². The summed E-state index contributed by atoms with van der Waals surface area (Å²) in [5.74, 6) is 0. The maximum Gasteiger partial charge on any atom is 0.266 e. The van der Waals surface area contributed by atoms with Gasteiger partial charge in [-0.3, -0.25) is 0 Å². The van der Waals surface area contributed by atoms with Crippen LogP contribution in [0.2, 0.25) is 0 Å². The van der Waals surface area contributed by atoms with E-state index in [0.717, 1.165) is 5.69 Å². The molecule has 2 nitrogen and oxygen atoms in total. The van der Waals surface area contributed by atoms with Crippen LogP contribution in [0, 0.1) is 41.5 Å². The highest BCUT2D eigenvalue weighted by atomic mass is 15.3. The monoisotopic (exact) mass is 392 g/mol. The Bertz CT molecular complexity index is 1100. The summed E-state index contributed by atoms with van der Waals surface area (Å²) in [6.07, 6.45) is 1.92. The number of rotatable bonds is 4. The van der Waals surface area contributed by atoms with E-state index in [1.165, 1.54) is 49.9 Å². The molecule has 0 amide bonds. The number of aromatic nitrogens is 2. The molecule has 0 aliphatic carbocycles. The third-order valence-electron chi connectivity index (χ3n) is 6.02. The fourth-order valence-corrected chi connectivity index (χ4v) is 5.05. The van der Waals surface area contributed by atoms with Crippen LogP contribution < -0.4 is 16.5 Å². The highest BCUT2D eigenvalue weighted by Crippen LogP contribution is 2.14. The van der Waals surface area contributed by atoms with Crippen LogP contribution in [0.1, 0.15) is 33.4 Å². The zero-order valence-corrected chi connectivity index (χ0v) is 18.8. The first-order valence-electron chi connectivity index (χ1n) is 10.6. The van der Waals surface area contributed by atoms with Gasteiger partial charge < -0.3 is 0 Å². The zero-order valence-electron chi connectivity index (χ0n) is 18.8. The van der Waals surface area contributed by atoms with E-state index in [9.17, 15) is 0 Å². The van der Waals surface area contributed by atoms with E-state index in [1.807, 2.05) is 12.3 Å². The SMILES string of the molecule is Cc1cc(C)c(B(c2c(C)cc(C)cc2C)c2ccnn2-c2ccccc2)c(C)c1. The molecule has 3 heteroatoms. The molecule has 0 unspecified atom stereocenters. The van der Waals surface area contributed by atoms with E-state index >= 15 is 0 Å². The molecular formula is C27H29BN2. The Morgan fingerprint density at radius 2 is 1.10 bits per heavy atom. The number of hydrogen-bond donors (Lipinski definition) is 0. The van der Waals surface area contributed by atoms with Gasteiger partial charge in [0.1, 0.15) is 0 Å². The molecule has 150 valence electrons. The molecule has 1 heterocycles. The fourth-order valence-electron chi connectivity index (χ4n) is 5.05. The first kappa shape index (κ1) is 20.2. The van der Waals surface area contributed by atoms with Crippen LogP contribution in [-0.4, -0.2) is 16.5 Å². The van der Waals surface area contributed by atoms with E-state index in [4.69, 9.17) is 5.10 Å². The van der Waals surface area contributed by atoms with Gasteiger partial charge in [-0.1, -0.05) is 86.8 Å². The van der Waals surface area contributed by atoms with Crippen molar-refractivity contribution in [3.63, 3.8) is 0 Å². The highest BCUT2D eigenvalue weighted by molar-refractivity contribution is 6.96. The number of para-hydroxylation sites is 1. The van der Waals surface area contributed by atoms with Crippen molar-refractivity contribution in [1.29, 1.82) is 0 Å². The summed E-state index contributed by atoms with van der Waals surface area (Å²) in [6.45, 7) is 13.4. The number of hydrogen-bond acceptors (Lipinski definition) is 1. The van der Waals surface area contributed by atoms with Gasteiger partial charge in [-0.05, 0) is 59.7 Å². The predicted octanol–water partition coefficient (Wildman–Crippen LogP) is 4.24. The van der Waals surface area contributed by atoms with E-state index in [2.05, 4.69) is 101 Å². The molecule has 0 saturated carbocycles. The maximum absolute atomic E-state index is 4.73. The molecule has 3 aromatic carbocycles. The summed E-state index contributed by atoms with van der Waals surface area (Å²) in [4.78, 5) is 0. The minimum atomic E-state index is 0.119. The molecule has 1 aromatic heterocycles. The Labute approximate surface area is 180 Å². The lowest BCUT2D eigenvalue weighted by molar-refractivity contribution is 0.902. The highest BCUT2D eigenvalue weighted by Gasteiger charge is 2.31. The Kier molecular flexibility index (Phi) is 5.38. The third kappa shape index (κ3) is 3.61. The van der Waals surface area contributed by atoms with Gasteiger partial charge in [-0.15, -0.1) is 0 Å². The van der Waals surface area contributed by atoms with Crippen molar-refractivity contribution in [2.24, 2.45) is 0 Å². The van der Waals surface area contributed by atoms with Crippen molar-refractivity contribution in [2.45, 2.75) is 41.5 Å². The second-order valence-electron chi connectivity index (χ2n) is 8.56.